The molecule has 0 atom stereocenters. The summed E-state index contributed by atoms with van der Waals surface area (Å²) in [6, 6.07) is 16.7. The van der Waals surface area contributed by atoms with Crippen LogP contribution in [0.3, 0.4) is 0 Å². The number of halogens is 2. The molecule has 128 valence electrons. The number of hydrogen-bond acceptors (Lipinski definition) is 2. The molecule has 0 aromatic heterocycles. The molecule has 1 amide bonds. The predicted octanol–water partition coefficient (Wildman–Crippen LogP) is 3.13. The first-order valence-electron chi connectivity index (χ1n) is 8.00. The molecule has 2 aromatic carbocycles. The normalized spacial score (nSPS) is 15.0. The first kappa shape index (κ1) is 18.4. The molecule has 5 heteroatoms. The highest BCUT2D eigenvalue weighted by atomic mass is 35.5. The van der Waals surface area contributed by atoms with Gasteiger partial charge in [0.15, 0.2) is 0 Å². The lowest BCUT2D eigenvalue weighted by atomic mass is 10.1. The quantitative estimate of drug-likeness (QED) is 0.847. The largest absolute Gasteiger partial charge is 0.340 e. The Morgan fingerprint density at radius 1 is 0.917 bits per heavy atom. The van der Waals surface area contributed by atoms with Crippen molar-refractivity contribution in [3.05, 3.63) is 71.5 Å². The smallest absolute Gasteiger partial charge is 0.227 e. The number of amides is 1. The molecule has 24 heavy (non-hydrogen) atoms. The van der Waals surface area contributed by atoms with E-state index in [1.165, 1.54) is 6.07 Å². The van der Waals surface area contributed by atoms with Crippen molar-refractivity contribution < 1.29 is 9.18 Å². The highest BCUT2D eigenvalue weighted by Gasteiger charge is 2.21. The summed E-state index contributed by atoms with van der Waals surface area (Å²) in [6.07, 6.45) is 0.453. The summed E-state index contributed by atoms with van der Waals surface area (Å²) in [6.45, 7) is 3.59. The Hall–Kier alpha value is -1.91. The Morgan fingerprint density at radius 2 is 1.54 bits per heavy atom. The number of piperazine rings is 1. The number of carbonyl (C=O) groups excluding carboxylic acids is 1. The van der Waals surface area contributed by atoms with E-state index in [4.69, 9.17) is 0 Å². The van der Waals surface area contributed by atoms with Gasteiger partial charge >= 0.3 is 0 Å². The van der Waals surface area contributed by atoms with Crippen LogP contribution in [0.2, 0.25) is 0 Å². The lowest BCUT2D eigenvalue weighted by Crippen LogP contribution is -2.48. The lowest BCUT2D eigenvalue weighted by Gasteiger charge is -2.35. The third-order valence-electron chi connectivity index (χ3n) is 4.27. The van der Waals surface area contributed by atoms with Crippen molar-refractivity contribution >= 4 is 18.3 Å². The summed E-state index contributed by atoms with van der Waals surface area (Å²) >= 11 is 0. The molecule has 1 heterocycles. The average Bonchev–Trinajstić information content (AvgIpc) is 2.58. The minimum atomic E-state index is -0.157. The molecule has 1 fully saturated rings. The van der Waals surface area contributed by atoms with Crippen LogP contribution >= 0.6 is 12.4 Å². The molecule has 1 aliphatic rings. The fourth-order valence-corrected chi connectivity index (χ4v) is 2.91. The van der Waals surface area contributed by atoms with Crippen molar-refractivity contribution in [1.82, 2.24) is 9.80 Å². The first-order chi connectivity index (χ1) is 11.2. The van der Waals surface area contributed by atoms with Gasteiger partial charge in [-0.3, -0.25) is 9.69 Å². The van der Waals surface area contributed by atoms with Crippen LogP contribution in [0.4, 0.5) is 4.39 Å². The van der Waals surface area contributed by atoms with Gasteiger partial charge in [0.1, 0.15) is 5.82 Å². The van der Waals surface area contributed by atoms with Gasteiger partial charge in [0.05, 0.1) is 6.42 Å². The van der Waals surface area contributed by atoms with Gasteiger partial charge in [-0.15, -0.1) is 12.4 Å². The van der Waals surface area contributed by atoms with E-state index in [1.807, 2.05) is 47.4 Å². The van der Waals surface area contributed by atoms with Crippen LogP contribution in [0.1, 0.15) is 11.1 Å². The fourth-order valence-electron chi connectivity index (χ4n) is 2.91. The van der Waals surface area contributed by atoms with Gasteiger partial charge in [0.25, 0.3) is 0 Å². The molecule has 0 saturated carbocycles. The number of carbonyl (C=O) groups is 1. The molecular weight excluding hydrogens is 327 g/mol. The average molecular weight is 349 g/mol. The molecule has 3 rings (SSSR count). The summed E-state index contributed by atoms with van der Waals surface area (Å²) in [7, 11) is 0. The van der Waals surface area contributed by atoms with Crippen molar-refractivity contribution in [2.24, 2.45) is 0 Å². The zero-order valence-corrected chi connectivity index (χ0v) is 14.3. The number of benzene rings is 2. The number of rotatable bonds is 4. The van der Waals surface area contributed by atoms with E-state index in [-0.39, 0.29) is 24.1 Å². The molecule has 0 spiro atoms. The zero-order valence-electron chi connectivity index (χ0n) is 13.5. The van der Waals surface area contributed by atoms with Gasteiger partial charge in [-0.05, 0) is 11.6 Å². The van der Waals surface area contributed by atoms with Gasteiger partial charge in [0.2, 0.25) is 5.91 Å². The van der Waals surface area contributed by atoms with Crippen molar-refractivity contribution in [1.29, 1.82) is 0 Å². The molecule has 1 saturated heterocycles. The molecule has 0 bridgehead atoms. The molecule has 3 nitrogen and oxygen atoms in total. The minimum Gasteiger partial charge on any atom is -0.340 e. The number of hydrogen-bond donors (Lipinski definition) is 0. The molecular formula is C19H22ClFN2O. The van der Waals surface area contributed by atoms with E-state index >= 15 is 0 Å². The Morgan fingerprint density at radius 3 is 2.21 bits per heavy atom. The third kappa shape index (κ3) is 4.79. The SMILES string of the molecule is Cl.O=C(Cc1ccccc1)N1CCN(Cc2ccccc2F)CC1. The van der Waals surface area contributed by atoms with Crippen LogP contribution < -0.4 is 0 Å². The summed E-state index contributed by atoms with van der Waals surface area (Å²) in [4.78, 5) is 16.4. The van der Waals surface area contributed by atoms with E-state index in [2.05, 4.69) is 4.90 Å². The molecule has 1 aliphatic heterocycles. The zero-order chi connectivity index (χ0) is 16.1. The Kier molecular flexibility index (Phi) is 6.76. The minimum absolute atomic E-state index is 0. The first-order valence-corrected chi connectivity index (χ1v) is 8.00. The van der Waals surface area contributed by atoms with Gasteiger partial charge in [-0.1, -0.05) is 48.5 Å². The second kappa shape index (κ2) is 8.81. The lowest BCUT2D eigenvalue weighted by molar-refractivity contribution is -0.132. The van der Waals surface area contributed by atoms with Crippen molar-refractivity contribution in [3.8, 4) is 0 Å². The maximum absolute atomic E-state index is 13.7. The Balaban J connectivity index is 0.00000208. The summed E-state index contributed by atoms with van der Waals surface area (Å²) < 4.78 is 13.7. The maximum atomic E-state index is 13.7. The summed E-state index contributed by atoms with van der Waals surface area (Å²) in [5.74, 6) is 0.0109. The second-order valence-electron chi connectivity index (χ2n) is 5.91. The third-order valence-corrected chi connectivity index (χ3v) is 4.27. The second-order valence-corrected chi connectivity index (χ2v) is 5.91. The van der Waals surface area contributed by atoms with Gasteiger partial charge in [0, 0.05) is 38.3 Å². The number of nitrogens with zero attached hydrogens (tertiary/aromatic N) is 2. The van der Waals surface area contributed by atoms with Gasteiger partial charge in [-0.2, -0.15) is 0 Å². The summed E-state index contributed by atoms with van der Waals surface area (Å²) in [5.41, 5.74) is 1.77. The van der Waals surface area contributed by atoms with E-state index in [0.29, 0.717) is 26.1 Å². The molecule has 0 radical (unpaired) electrons. The van der Waals surface area contributed by atoms with Crippen LogP contribution in [-0.4, -0.2) is 41.9 Å². The van der Waals surface area contributed by atoms with Crippen LogP contribution in [0.15, 0.2) is 54.6 Å². The van der Waals surface area contributed by atoms with Crippen LogP contribution in [0.5, 0.6) is 0 Å². The summed E-state index contributed by atoms with van der Waals surface area (Å²) in [5, 5.41) is 0. The Bertz CT molecular complexity index is 657. The van der Waals surface area contributed by atoms with Crippen LogP contribution in [-0.2, 0) is 17.8 Å². The van der Waals surface area contributed by atoms with E-state index in [9.17, 15) is 9.18 Å². The van der Waals surface area contributed by atoms with Gasteiger partial charge in [-0.25, -0.2) is 4.39 Å². The highest BCUT2D eigenvalue weighted by molar-refractivity contribution is 5.85. The standard InChI is InChI=1S/C19H21FN2O.ClH/c20-18-9-5-4-8-17(18)15-21-10-12-22(13-11-21)19(23)14-16-6-2-1-3-7-16;/h1-9H,10-15H2;1H. The van der Waals surface area contributed by atoms with E-state index < -0.39 is 0 Å². The predicted molar refractivity (Wildman–Crippen MR) is 95.7 cm³/mol. The molecule has 0 aliphatic carbocycles. The fraction of sp³-hybridized carbons (Fsp3) is 0.316. The van der Waals surface area contributed by atoms with Crippen LogP contribution in [0, 0.1) is 5.82 Å². The molecule has 0 unspecified atom stereocenters. The van der Waals surface area contributed by atoms with Crippen molar-refractivity contribution in [3.63, 3.8) is 0 Å². The van der Waals surface area contributed by atoms with E-state index in [1.54, 1.807) is 6.07 Å². The van der Waals surface area contributed by atoms with Crippen molar-refractivity contribution in [2.45, 2.75) is 13.0 Å². The monoisotopic (exact) mass is 348 g/mol. The molecule has 2 aromatic rings. The molecule has 0 N–H and O–H groups in total. The van der Waals surface area contributed by atoms with Gasteiger partial charge < -0.3 is 4.90 Å². The van der Waals surface area contributed by atoms with E-state index in [0.717, 1.165) is 24.2 Å². The Labute approximate surface area is 148 Å². The maximum Gasteiger partial charge on any atom is 0.227 e. The van der Waals surface area contributed by atoms with Crippen molar-refractivity contribution in [2.75, 3.05) is 26.2 Å². The van der Waals surface area contributed by atoms with Crippen LogP contribution in [0.25, 0.3) is 0 Å². The highest BCUT2D eigenvalue weighted by Crippen LogP contribution is 2.13. The topological polar surface area (TPSA) is 23.6 Å².